The first-order chi connectivity index (χ1) is 9.51. The summed E-state index contributed by atoms with van der Waals surface area (Å²) in [4.78, 5) is 22.6. The lowest BCUT2D eigenvalue weighted by Gasteiger charge is -2.38. The molecular weight excluding hydrogens is 290 g/mol. The normalized spacial score (nSPS) is 23.0. The SMILES string of the molecule is COC(=O)/C=C\[C@@]1(CO[Si](C)(C)C(C)(C)C)COC(=O)N1. The molecule has 7 heteroatoms. The van der Waals surface area contributed by atoms with Gasteiger partial charge in [-0.05, 0) is 24.2 Å². The molecule has 1 amide bonds. The molecule has 0 aliphatic carbocycles. The standard InChI is InChI=1S/C14H25NO5Si/c1-13(2,3)21(5,6)20-10-14(8-7-11(16)18-4)9-19-12(17)15-14/h7-8H,9-10H2,1-6H3,(H,15,17)/b8-7-/t14-/m0/s1. The lowest BCUT2D eigenvalue weighted by molar-refractivity contribution is -0.134. The Morgan fingerprint density at radius 3 is 2.52 bits per heavy atom. The number of cyclic esters (lactones) is 1. The molecule has 0 aromatic rings. The van der Waals surface area contributed by atoms with Crippen LogP contribution in [0.25, 0.3) is 0 Å². The van der Waals surface area contributed by atoms with E-state index >= 15 is 0 Å². The van der Waals surface area contributed by atoms with Crippen molar-refractivity contribution in [2.24, 2.45) is 0 Å². The second-order valence-electron chi connectivity index (χ2n) is 6.76. The Hall–Kier alpha value is -1.34. The molecule has 0 aromatic heterocycles. The topological polar surface area (TPSA) is 73.9 Å². The van der Waals surface area contributed by atoms with Crippen LogP contribution in [0.1, 0.15) is 20.8 Å². The van der Waals surface area contributed by atoms with Gasteiger partial charge in [0, 0.05) is 6.08 Å². The zero-order chi connectivity index (χ0) is 16.3. The van der Waals surface area contributed by atoms with Crippen molar-refractivity contribution < 1.29 is 23.5 Å². The molecule has 0 saturated carbocycles. The van der Waals surface area contributed by atoms with E-state index in [9.17, 15) is 9.59 Å². The van der Waals surface area contributed by atoms with Crippen molar-refractivity contribution >= 4 is 20.4 Å². The smallest absolute Gasteiger partial charge is 0.408 e. The highest BCUT2D eigenvalue weighted by Gasteiger charge is 2.43. The lowest BCUT2D eigenvalue weighted by Crippen LogP contribution is -2.51. The quantitative estimate of drug-likeness (QED) is 0.478. The molecule has 1 atom stereocenters. The first kappa shape index (κ1) is 17.7. The van der Waals surface area contributed by atoms with Gasteiger partial charge in [0.05, 0.1) is 13.7 Å². The number of rotatable bonds is 5. The molecule has 6 nitrogen and oxygen atoms in total. The van der Waals surface area contributed by atoms with Crippen molar-refractivity contribution in [1.82, 2.24) is 5.32 Å². The number of esters is 1. The van der Waals surface area contributed by atoms with Crippen LogP contribution < -0.4 is 5.32 Å². The van der Waals surface area contributed by atoms with Gasteiger partial charge >= 0.3 is 12.1 Å². The predicted octanol–water partition coefficient (Wildman–Crippen LogP) is 2.22. The second kappa shape index (κ2) is 6.19. The maximum absolute atomic E-state index is 11.4. The van der Waals surface area contributed by atoms with Gasteiger partial charge < -0.3 is 19.2 Å². The minimum atomic E-state index is -1.96. The summed E-state index contributed by atoms with van der Waals surface area (Å²) in [6.07, 6.45) is 2.35. The molecule has 1 fully saturated rings. The maximum atomic E-state index is 11.4. The van der Waals surface area contributed by atoms with Crippen molar-refractivity contribution in [2.75, 3.05) is 20.3 Å². The zero-order valence-corrected chi connectivity index (χ0v) is 14.6. The van der Waals surface area contributed by atoms with Gasteiger partial charge in [0.15, 0.2) is 8.32 Å². The van der Waals surface area contributed by atoms with Gasteiger partial charge in [-0.3, -0.25) is 0 Å². The highest BCUT2D eigenvalue weighted by molar-refractivity contribution is 6.74. The molecule has 0 spiro atoms. The maximum Gasteiger partial charge on any atom is 0.408 e. The molecule has 0 unspecified atom stereocenters. The van der Waals surface area contributed by atoms with Crippen LogP contribution >= 0.6 is 0 Å². The molecular formula is C14H25NO5Si. The number of nitrogens with one attached hydrogen (secondary N) is 1. The molecule has 1 aliphatic heterocycles. The number of methoxy groups -OCH3 is 1. The van der Waals surface area contributed by atoms with Gasteiger partial charge in [0.25, 0.3) is 0 Å². The number of carbonyl (C=O) groups is 2. The molecule has 1 saturated heterocycles. The Labute approximate surface area is 127 Å². The molecule has 1 rings (SSSR count). The van der Waals surface area contributed by atoms with Crippen molar-refractivity contribution in [3.63, 3.8) is 0 Å². The van der Waals surface area contributed by atoms with Crippen LogP contribution in [-0.4, -0.2) is 46.2 Å². The third-order valence-corrected chi connectivity index (χ3v) is 8.53. The summed E-state index contributed by atoms with van der Waals surface area (Å²) < 4.78 is 15.7. The van der Waals surface area contributed by atoms with Crippen molar-refractivity contribution in [3.05, 3.63) is 12.2 Å². The number of hydrogen-bond donors (Lipinski definition) is 1. The highest BCUT2D eigenvalue weighted by Crippen LogP contribution is 2.37. The van der Waals surface area contributed by atoms with Crippen LogP contribution in [0.3, 0.4) is 0 Å². The van der Waals surface area contributed by atoms with E-state index in [4.69, 9.17) is 9.16 Å². The number of hydrogen-bond acceptors (Lipinski definition) is 5. The molecule has 1 aliphatic rings. The number of amides is 1. The van der Waals surface area contributed by atoms with Crippen LogP contribution in [0.2, 0.25) is 18.1 Å². The summed E-state index contributed by atoms with van der Waals surface area (Å²) >= 11 is 0. The van der Waals surface area contributed by atoms with Crippen molar-refractivity contribution in [1.29, 1.82) is 0 Å². The number of alkyl carbamates (subject to hydrolysis) is 1. The van der Waals surface area contributed by atoms with Gasteiger partial charge in [-0.2, -0.15) is 0 Å². The van der Waals surface area contributed by atoms with Crippen molar-refractivity contribution in [2.45, 2.75) is 44.4 Å². The highest BCUT2D eigenvalue weighted by atomic mass is 28.4. The lowest BCUT2D eigenvalue weighted by atomic mass is 10.0. The number of carbonyl (C=O) groups excluding carboxylic acids is 2. The fraction of sp³-hybridized carbons (Fsp3) is 0.714. The van der Waals surface area contributed by atoms with E-state index in [0.717, 1.165) is 0 Å². The summed E-state index contributed by atoms with van der Waals surface area (Å²) in [6, 6.07) is 0. The Morgan fingerprint density at radius 1 is 1.48 bits per heavy atom. The molecule has 120 valence electrons. The summed E-state index contributed by atoms with van der Waals surface area (Å²) in [7, 11) is -0.662. The van der Waals surface area contributed by atoms with Crippen LogP contribution in [0.4, 0.5) is 4.79 Å². The zero-order valence-electron chi connectivity index (χ0n) is 13.6. The molecule has 1 heterocycles. The van der Waals surface area contributed by atoms with Crippen LogP contribution in [-0.2, 0) is 18.7 Å². The average Bonchev–Trinajstić information content (AvgIpc) is 2.75. The van der Waals surface area contributed by atoms with E-state index in [0.29, 0.717) is 0 Å². The van der Waals surface area contributed by atoms with E-state index in [2.05, 4.69) is 43.9 Å². The molecule has 1 N–H and O–H groups in total. The van der Waals surface area contributed by atoms with E-state index < -0.39 is 25.9 Å². The summed E-state index contributed by atoms with van der Waals surface area (Å²) in [5, 5.41) is 2.77. The van der Waals surface area contributed by atoms with Crippen LogP contribution in [0.15, 0.2) is 12.2 Å². The van der Waals surface area contributed by atoms with Gasteiger partial charge in [-0.25, -0.2) is 9.59 Å². The van der Waals surface area contributed by atoms with E-state index in [1.807, 2.05) is 0 Å². The monoisotopic (exact) mass is 315 g/mol. The van der Waals surface area contributed by atoms with Crippen LogP contribution in [0, 0.1) is 0 Å². The largest absolute Gasteiger partial charge is 0.466 e. The van der Waals surface area contributed by atoms with E-state index in [1.165, 1.54) is 13.2 Å². The van der Waals surface area contributed by atoms with E-state index in [-0.39, 0.29) is 18.3 Å². The fourth-order valence-electron chi connectivity index (χ4n) is 1.51. The first-order valence-corrected chi connectivity index (χ1v) is 9.78. The molecule has 21 heavy (non-hydrogen) atoms. The van der Waals surface area contributed by atoms with E-state index in [1.54, 1.807) is 6.08 Å². The Balaban J connectivity index is 2.83. The predicted molar refractivity (Wildman–Crippen MR) is 81.5 cm³/mol. The summed E-state index contributed by atoms with van der Waals surface area (Å²) in [6.45, 7) is 11.1. The summed E-state index contributed by atoms with van der Waals surface area (Å²) in [5.74, 6) is -0.483. The van der Waals surface area contributed by atoms with Crippen LogP contribution in [0.5, 0.6) is 0 Å². The fourth-order valence-corrected chi connectivity index (χ4v) is 2.56. The number of ether oxygens (including phenoxy) is 2. The Kier molecular flexibility index (Phi) is 5.22. The van der Waals surface area contributed by atoms with Gasteiger partial charge in [0.1, 0.15) is 12.1 Å². The summed E-state index contributed by atoms with van der Waals surface area (Å²) in [5.41, 5.74) is -0.819. The molecule has 0 bridgehead atoms. The molecule has 0 radical (unpaired) electrons. The van der Waals surface area contributed by atoms with Gasteiger partial charge in [-0.1, -0.05) is 20.8 Å². The van der Waals surface area contributed by atoms with Gasteiger partial charge in [0.2, 0.25) is 0 Å². The third kappa shape index (κ3) is 4.57. The second-order valence-corrected chi connectivity index (χ2v) is 11.6. The van der Waals surface area contributed by atoms with Crippen molar-refractivity contribution in [3.8, 4) is 0 Å². The Bertz CT molecular complexity index is 441. The third-order valence-electron chi connectivity index (χ3n) is 4.05. The van der Waals surface area contributed by atoms with Gasteiger partial charge in [-0.15, -0.1) is 0 Å². The minimum Gasteiger partial charge on any atom is -0.466 e. The minimum absolute atomic E-state index is 0.0592. The average molecular weight is 315 g/mol. The molecule has 0 aromatic carbocycles. The first-order valence-electron chi connectivity index (χ1n) is 6.87. The Morgan fingerprint density at radius 2 is 2.10 bits per heavy atom.